The Kier molecular flexibility index (Phi) is 12.2. The summed E-state index contributed by atoms with van der Waals surface area (Å²) in [5.41, 5.74) is 2.36. The molecular formula is C25H34N2O6. The summed E-state index contributed by atoms with van der Waals surface area (Å²) in [6.45, 7) is 6.69. The van der Waals surface area contributed by atoms with E-state index in [0.717, 1.165) is 5.75 Å². The van der Waals surface area contributed by atoms with Gasteiger partial charge in [-0.15, -0.1) is 6.58 Å². The molecule has 2 aromatic rings. The van der Waals surface area contributed by atoms with Crippen molar-refractivity contribution in [2.24, 2.45) is 5.92 Å². The molecular weight excluding hydrogens is 424 g/mol. The number of aliphatic hydroxyl groups excluding tert-OH is 1. The van der Waals surface area contributed by atoms with Crippen molar-refractivity contribution in [1.82, 2.24) is 10.8 Å². The molecule has 1 unspecified atom stereocenters. The SMILES string of the molecule is C=CC[C@H](C[C@H](CCOCOCC)NC(O)c1ccc(Oc2ccccc2)cc1)C(=O)NO. The number of aliphatic hydroxyl groups is 1. The number of nitrogens with one attached hydrogen (secondary N) is 2. The lowest BCUT2D eigenvalue weighted by atomic mass is 9.94. The van der Waals surface area contributed by atoms with Crippen LogP contribution in [0.3, 0.4) is 0 Å². The Morgan fingerprint density at radius 1 is 1.09 bits per heavy atom. The molecule has 180 valence electrons. The summed E-state index contributed by atoms with van der Waals surface area (Å²) in [4.78, 5) is 12.0. The zero-order chi connectivity index (χ0) is 23.9. The van der Waals surface area contributed by atoms with Crippen LogP contribution >= 0.6 is 0 Å². The van der Waals surface area contributed by atoms with Gasteiger partial charge in [0.25, 0.3) is 0 Å². The van der Waals surface area contributed by atoms with Crippen molar-refractivity contribution >= 4 is 5.91 Å². The fourth-order valence-electron chi connectivity index (χ4n) is 3.30. The van der Waals surface area contributed by atoms with Crippen molar-refractivity contribution < 1.29 is 29.3 Å². The number of rotatable bonds is 16. The molecule has 0 heterocycles. The average molecular weight is 459 g/mol. The molecule has 0 aromatic heterocycles. The maximum Gasteiger partial charge on any atom is 0.246 e. The highest BCUT2D eigenvalue weighted by Gasteiger charge is 2.24. The van der Waals surface area contributed by atoms with Crippen LogP contribution in [0, 0.1) is 5.92 Å². The third-order valence-electron chi connectivity index (χ3n) is 5.05. The van der Waals surface area contributed by atoms with Gasteiger partial charge < -0.3 is 19.3 Å². The van der Waals surface area contributed by atoms with E-state index in [9.17, 15) is 9.90 Å². The Hall–Kier alpha value is -2.75. The van der Waals surface area contributed by atoms with Crippen molar-refractivity contribution in [1.29, 1.82) is 0 Å². The molecule has 2 rings (SSSR count). The van der Waals surface area contributed by atoms with Gasteiger partial charge in [-0.25, -0.2) is 5.48 Å². The van der Waals surface area contributed by atoms with Crippen LogP contribution in [-0.2, 0) is 14.3 Å². The van der Waals surface area contributed by atoms with Crippen LogP contribution in [0.25, 0.3) is 0 Å². The van der Waals surface area contributed by atoms with Crippen LogP contribution < -0.4 is 15.5 Å². The van der Waals surface area contributed by atoms with Crippen molar-refractivity contribution in [2.75, 3.05) is 20.0 Å². The summed E-state index contributed by atoms with van der Waals surface area (Å²) in [6.07, 6.45) is 1.97. The zero-order valence-electron chi connectivity index (χ0n) is 19.0. The topological polar surface area (TPSA) is 109 Å². The van der Waals surface area contributed by atoms with Gasteiger partial charge in [-0.1, -0.05) is 36.4 Å². The van der Waals surface area contributed by atoms with Gasteiger partial charge in [-0.05, 0) is 56.0 Å². The first-order chi connectivity index (χ1) is 16.1. The maximum atomic E-state index is 12.0. The molecule has 33 heavy (non-hydrogen) atoms. The fourth-order valence-corrected chi connectivity index (χ4v) is 3.30. The number of amides is 1. The smallest absolute Gasteiger partial charge is 0.246 e. The molecule has 3 atom stereocenters. The number of para-hydroxylation sites is 1. The normalized spacial score (nSPS) is 13.7. The first kappa shape index (κ1) is 26.5. The molecule has 0 saturated carbocycles. The lowest BCUT2D eigenvalue weighted by molar-refractivity contribution is -0.133. The van der Waals surface area contributed by atoms with Crippen LogP contribution in [0.15, 0.2) is 67.3 Å². The van der Waals surface area contributed by atoms with Crippen LogP contribution in [0.5, 0.6) is 11.5 Å². The molecule has 0 spiro atoms. The fraction of sp³-hybridized carbons (Fsp3) is 0.400. The Bertz CT molecular complexity index is 815. The number of hydrogen-bond donors (Lipinski definition) is 4. The average Bonchev–Trinajstić information content (AvgIpc) is 2.84. The molecule has 0 bridgehead atoms. The summed E-state index contributed by atoms with van der Waals surface area (Å²) >= 11 is 0. The van der Waals surface area contributed by atoms with E-state index in [2.05, 4.69) is 11.9 Å². The highest BCUT2D eigenvalue weighted by atomic mass is 16.7. The monoisotopic (exact) mass is 458 g/mol. The van der Waals surface area contributed by atoms with Crippen LogP contribution in [0.1, 0.15) is 38.0 Å². The standard InChI is InChI=1S/C25H34N2O6/c1-3-8-20(25(29)27-30)17-21(15-16-32-18-31-4-2)26-24(28)19-11-13-23(14-12-19)33-22-9-6-5-7-10-22/h3,5-7,9-14,20-21,24,26,28,30H,1,4,8,15-18H2,2H3,(H,27,29)/t20-,21+,24?/m1/s1. The van der Waals surface area contributed by atoms with Crippen LogP contribution in [0.4, 0.5) is 0 Å². The van der Waals surface area contributed by atoms with E-state index in [4.69, 9.17) is 19.4 Å². The van der Waals surface area contributed by atoms with Crippen molar-refractivity contribution in [3.05, 3.63) is 72.8 Å². The summed E-state index contributed by atoms with van der Waals surface area (Å²) in [7, 11) is 0. The van der Waals surface area contributed by atoms with E-state index in [1.165, 1.54) is 0 Å². The Labute approximate surface area is 195 Å². The van der Waals surface area contributed by atoms with E-state index in [0.29, 0.717) is 43.8 Å². The third kappa shape index (κ3) is 9.73. The molecule has 0 aliphatic carbocycles. The Balaban J connectivity index is 2.01. The van der Waals surface area contributed by atoms with E-state index in [1.807, 2.05) is 37.3 Å². The first-order valence-corrected chi connectivity index (χ1v) is 11.0. The third-order valence-corrected chi connectivity index (χ3v) is 5.05. The number of allylic oxidation sites excluding steroid dienone is 1. The van der Waals surface area contributed by atoms with Gasteiger partial charge in [-0.2, -0.15) is 0 Å². The predicted molar refractivity (Wildman–Crippen MR) is 125 cm³/mol. The second-order valence-corrected chi connectivity index (χ2v) is 7.49. The highest BCUT2D eigenvalue weighted by molar-refractivity contribution is 5.77. The van der Waals surface area contributed by atoms with Crippen LogP contribution in [-0.4, -0.2) is 42.3 Å². The number of hydrogen-bond acceptors (Lipinski definition) is 7. The van der Waals surface area contributed by atoms with E-state index >= 15 is 0 Å². The summed E-state index contributed by atoms with van der Waals surface area (Å²) < 4.78 is 16.4. The number of hydroxylamine groups is 1. The molecule has 0 aliphatic heterocycles. The molecule has 4 N–H and O–H groups in total. The minimum atomic E-state index is -0.964. The van der Waals surface area contributed by atoms with Gasteiger partial charge in [0.1, 0.15) is 24.5 Å². The quantitative estimate of drug-likeness (QED) is 0.0992. The van der Waals surface area contributed by atoms with E-state index in [1.54, 1.807) is 35.8 Å². The first-order valence-electron chi connectivity index (χ1n) is 11.0. The molecule has 0 saturated heterocycles. The lowest BCUT2D eigenvalue weighted by Crippen LogP contribution is -2.39. The van der Waals surface area contributed by atoms with Gasteiger partial charge in [0, 0.05) is 18.6 Å². The maximum absolute atomic E-state index is 12.0. The van der Waals surface area contributed by atoms with Crippen LogP contribution in [0.2, 0.25) is 0 Å². The summed E-state index contributed by atoms with van der Waals surface area (Å²) in [6, 6.07) is 16.3. The number of ether oxygens (including phenoxy) is 3. The molecule has 0 fully saturated rings. The number of benzene rings is 2. The van der Waals surface area contributed by atoms with Gasteiger partial charge in [0.15, 0.2) is 0 Å². The van der Waals surface area contributed by atoms with Gasteiger partial charge in [0.05, 0.1) is 6.61 Å². The molecule has 0 radical (unpaired) electrons. The minimum Gasteiger partial charge on any atom is -0.457 e. The van der Waals surface area contributed by atoms with E-state index in [-0.39, 0.29) is 12.8 Å². The molecule has 0 aliphatic rings. The Morgan fingerprint density at radius 2 is 1.79 bits per heavy atom. The van der Waals surface area contributed by atoms with Crippen molar-refractivity contribution in [2.45, 2.75) is 38.5 Å². The highest BCUT2D eigenvalue weighted by Crippen LogP contribution is 2.24. The van der Waals surface area contributed by atoms with Gasteiger partial charge in [-0.3, -0.25) is 15.3 Å². The van der Waals surface area contributed by atoms with E-state index < -0.39 is 18.1 Å². The molecule has 1 amide bonds. The number of carbonyl (C=O) groups excluding carboxylic acids is 1. The predicted octanol–water partition coefficient (Wildman–Crippen LogP) is 3.92. The lowest BCUT2D eigenvalue weighted by Gasteiger charge is -2.26. The minimum absolute atomic E-state index is 0.182. The second-order valence-electron chi connectivity index (χ2n) is 7.49. The largest absolute Gasteiger partial charge is 0.457 e. The van der Waals surface area contributed by atoms with Gasteiger partial charge in [0.2, 0.25) is 5.91 Å². The molecule has 8 heteroatoms. The zero-order valence-corrected chi connectivity index (χ0v) is 19.0. The molecule has 2 aromatic carbocycles. The molecule has 8 nitrogen and oxygen atoms in total. The summed E-state index contributed by atoms with van der Waals surface area (Å²) in [5.74, 6) is 0.398. The van der Waals surface area contributed by atoms with Gasteiger partial charge >= 0.3 is 0 Å². The van der Waals surface area contributed by atoms with Crippen molar-refractivity contribution in [3.63, 3.8) is 0 Å². The number of carbonyl (C=O) groups is 1. The summed E-state index contributed by atoms with van der Waals surface area (Å²) in [5, 5.41) is 23.0. The van der Waals surface area contributed by atoms with Crippen molar-refractivity contribution in [3.8, 4) is 11.5 Å². The second kappa shape index (κ2) is 15.2. The Morgan fingerprint density at radius 3 is 2.42 bits per heavy atom.